The van der Waals surface area contributed by atoms with Crippen molar-refractivity contribution in [3.05, 3.63) is 65.2 Å². The molecule has 19 heavy (non-hydrogen) atoms. The van der Waals surface area contributed by atoms with Crippen molar-refractivity contribution in [3.8, 4) is 17.2 Å². The molecule has 0 aliphatic heterocycles. The first kappa shape index (κ1) is 11.7. The summed E-state index contributed by atoms with van der Waals surface area (Å²) >= 11 is 0. The molecular formula is C16H14O3. The molecule has 96 valence electrons. The molecule has 3 heteroatoms. The number of aromatic hydroxyl groups is 3. The van der Waals surface area contributed by atoms with E-state index in [1.54, 1.807) is 24.3 Å². The van der Waals surface area contributed by atoms with Gasteiger partial charge in [0.2, 0.25) is 0 Å². The van der Waals surface area contributed by atoms with Crippen LogP contribution < -0.4 is 0 Å². The zero-order chi connectivity index (χ0) is 13.4. The minimum atomic E-state index is -0.0117. The molecule has 1 unspecified atom stereocenters. The van der Waals surface area contributed by atoms with Crippen LogP contribution in [0.15, 0.2) is 48.6 Å². The Labute approximate surface area is 111 Å². The Morgan fingerprint density at radius 1 is 0.842 bits per heavy atom. The topological polar surface area (TPSA) is 60.7 Å². The van der Waals surface area contributed by atoms with Gasteiger partial charge in [-0.1, -0.05) is 18.2 Å². The summed E-state index contributed by atoms with van der Waals surface area (Å²) in [6.45, 7) is 0. The summed E-state index contributed by atoms with van der Waals surface area (Å²) in [5.41, 5.74) is 2.99. The third-order valence-electron chi connectivity index (χ3n) is 3.41. The van der Waals surface area contributed by atoms with Crippen molar-refractivity contribution in [3.63, 3.8) is 0 Å². The molecule has 0 spiro atoms. The van der Waals surface area contributed by atoms with E-state index in [4.69, 9.17) is 0 Å². The van der Waals surface area contributed by atoms with Crippen LogP contribution in [0.3, 0.4) is 0 Å². The Balaban J connectivity index is 2.11. The van der Waals surface area contributed by atoms with Gasteiger partial charge in [-0.2, -0.15) is 0 Å². The fourth-order valence-corrected chi connectivity index (χ4v) is 2.60. The summed E-state index contributed by atoms with van der Waals surface area (Å²) in [4.78, 5) is 0. The van der Waals surface area contributed by atoms with Crippen LogP contribution in [0, 0.1) is 0 Å². The number of fused-ring (bicyclic) bond motifs is 1. The predicted octanol–water partition coefficient (Wildman–Crippen LogP) is 3.05. The second-order valence-electron chi connectivity index (χ2n) is 4.78. The van der Waals surface area contributed by atoms with E-state index in [0.717, 1.165) is 23.1 Å². The lowest BCUT2D eigenvalue weighted by molar-refractivity contribution is 0.449. The minimum absolute atomic E-state index is 0.0117. The number of phenolic OH excluding ortho intramolecular Hbond substituents is 3. The van der Waals surface area contributed by atoms with Crippen molar-refractivity contribution in [2.45, 2.75) is 12.3 Å². The van der Waals surface area contributed by atoms with Crippen molar-refractivity contribution < 1.29 is 15.3 Å². The van der Waals surface area contributed by atoms with Gasteiger partial charge in [0.25, 0.3) is 0 Å². The number of hydrogen-bond acceptors (Lipinski definition) is 3. The Morgan fingerprint density at radius 3 is 2.32 bits per heavy atom. The van der Waals surface area contributed by atoms with Crippen molar-refractivity contribution in [1.82, 2.24) is 0 Å². The molecule has 2 aromatic rings. The standard InChI is InChI=1S/C16H14O3/c17-12-4-5-16-10(6-12)2-1-3-15(16)11-7-13(18)9-14(19)8-11/h1,3-9,15,17-19H,2H2. The summed E-state index contributed by atoms with van der Waals surface area (Å²) in [6, 6.07) is 9.92. The zero-order valence-corrected chi connectivity index (χ0v) is 10.2. The summed E-state index contributed by atoms with van der Waals surface area (Å²) in [5.74, 6) is 0.345. The summed E-state index contributed by atoms with van der Waals surface area (Å²) in [5, 5.41) is 28.7. The zero-order valence-electron chi connectivity index (χ0n) is 10.2. The second-order valence-corrected chi connectivity index (χ2v) is 4.78. The van der Waals surface area contributed by atoms with Crippen LogP contribution in [0.2, 0.25) is 0 Å². The molecule has 3 nitrogen and oxygen atoms in total. The lowest BCUT2D eigenvalue weighted by atomic mass is 9.83. The molecule has 0 saturated carbocycles. The molecule has 2 aromatic carbocycles. The molecule has 0 fully saturated rings. The molecule has 0 amide bonds. The van der Waals surface area contributed by atoms with Crippen LogP contribution in [0.5, 0.6) is 17.2 Å². The van der Waals surface area contributed by atoms with E-state index in [0.29, 0.717) is 0 Å². The molecule has 0 aromatic heterocycles. The summed E-state index contributed by atoms with van der Waals surface area (Å²) in [6.07, 6.45) is 4.87. The van der Waals surface area contributed by atoms with E-state index in [1.165, 1.54) is 6.07 Å². The van der Waals surface area contributed by atoms with Gasteiger partial charge in [-0.25, -0.2) is 0 Å². The lowest BCUT2D eigenvalue weighted by Gasteiger charge is -2.22. The Bertz CT molecular complexity index is 639. The van der Waals surface area contributed by atoms with Gasteiger partial charge in [0.1, 0.15) is 17.2 Å². The van der Waals surface area contributed by atoms with Gasteiger partial charge in [-0.05, 0) is 47.4 Å². The maximum atomic E-state index is 9.59. The fraction of sp³-hybridized carbons (Fsp3) is 0.125. The van der Waals surface area contributed by atoms with E-state index in [-0.39, 0.29) is 23.2 Å². The molecule has 0 saturated heterocycles. The first-order valence-electron chi connectivity index (χ1n) is 6.15. The van der Waals surface area contributed by atoms with Gasteiger partial charge in [-0.15, -0.1) is 0 Å². The smallest absolute Gasteiger partial charge is 0.119 e. The average molecular weight is 254 g/mol. The Kier molecular flexibility index (Phi) is 2.67. The van der Waals surface area contributed by atoms with Crippen LogP contribution in [0.1, 0.15) is 22.6 Å². The fourth-order valence-electron chi connectivity index (χ4n) is 2.60. The van der Waals surface area contributed by atoms with Gasteiger partial charge in [-0.3, -0.25) is 0 Å². The average Bonchev–Trinajstić information content (AvgIpc) is 2.36. The van der Waals surface area contributed by atoms with E-state index in [2.05, 4.69) is 0 Å². The van der Waals surface area contributed by atoms with Gasteiger partial charge >= 0.3 is 0 Å². The molecule has 1 atom stereocenters. The van der Waals surface area contributed by atoms with Crippen molar-refractivity contribution in [2.24, 2.45) is 0 Å². The minimum Gasteiger partial charge on any atom is -0.508 e. The first-order valence-corrected chi connectivity index (χ1v) is 6.15. The van der Waals surface area contributed by atoms with Gasteiger partial charge in [0.05, 0.1) is 0 Å². The number of hydrogen-bond donors (Lipinski definition) is 3. The third-order valence-corrected chi connectivity index (χ3v) is 3.41. The van der Waals surface area contributed by atoms with Crippen LogP contribution in [0.4, 0.5) is 0 Å². The predicted molar refractivity (Wildman–Crippen MR) is 72.6 cm³/mol. The van der Waals surface area contributed by atoms with Crippen LogP contribution in [-0.2, 0) is 6.42 Å². The largest absolute Gasteiger partial charge is 0.508 e. The number of allylic oxidation sites excluding steroid dienone is 2. The maximum Gasteiger partial charge on any atom is 0.119 e. The number of phenols is 3. The van der Waals surface area contributed by atoms with Crippen molar-refractivity contribution in [1.29, 1.82) is 0 Å². The van der Waals surface area contributed by atoms with E-state index in [9.17, 15) is 15.3 Å². The highest BCUT2D eigenvalue weighted by molar-refractivity contribution is 5.50. The molecule has 1 aliphatic carbocycles. The molecule has 3 N–H and O–H groups in total. The Hall–Kier alpha value is -2.42. The molecule has 0 heterocycles. The molecule has 1 aliphatic rings. The van der Waals surface area contributed by atoms with E-state index < -0.39 is 0 Å². The molecular weight excluding hydrogens is 240 g/mol. The molecule has 0 bridgehead atoms. The first-order chi connectivity index (χ1) is 9.13. The van der Waals surface area contributed by atoms with Gasteiger partial charge < -0.3 is 15.3 Å². The van der Waals surface area contributed by atoms with Crippen molar-refractivity contribution >= 4 is 0 Å². The second kappa shape index (κ2) is 4.35. The highest BCUT2D eigenvalue weighted by atomic mass is 16.3. The Morgan fingerprint density at radius 2 is 1.58 bits per heavy atom. The van der Waals surface area contributed by atoms with E-state index in [1.807, 2.05) is 18.2 Å². The van der Waals surface area contributed by atoms with Crippen LogP contribution >= 0.6 is 0 Å². The molecule has 0 radical (unpaired) electrons. The third kappa shape index (κ3) is 2.15. The monoisotopic (exact) mass is 254 g/mol. The summed E-state index contributed by atoms with van der Waals surface area (Å²) < 4.78 is 0. The quantitative estimate of drug-likeness (QED) is 0.685. The van der Waals surface area contributed by atoms with Crippen LogP contribution in [-0.4, -0.2) is 15.3 Å². The van der Waals surface area contributed by atoms with Gasteiger partial charge in [0.15, 0.2) is 0 Å². The van der Waals surface area contributed by atoms with Gasteiger partial charge in [0, 0.05) is 12.0 Å². The number of rotatable bonds is 1. The normalized spacial score (nSPS) is 17.2. The van der Waals surface area contributed by atoms with E-state index >= 15 is 0 Å². The maximum absolute atomic E-state index is 9.59. The highest BCUT2D eigenvalue weighted by Gasteiger charge is 2.19. The lowest BCUT2D eigenvalue weighted by Crippen LogP contribution is -2.06. The summed E-state index contributed by atoms with van der Waals surface area (Å²) in [7, 11) is 0. The number of benzene rings is 2. The SMILES string of the molecule is Oc1cc(O)cc(C2C=CCc3cc(O)ccc32)c1. The molecule has 3 rings (SSSR count). The highest BCUT2D eigenvalue weighted by Crippen LogP contribution is 2.36. The van der Waals surface area contributed by atoms with Crippen LogP contribution in [0.25, 0.3) is 0 Å². The van der Waals surface area contributed by atoms with Crippen molar-refractivity contribution in [2.75, 3.05) is 0 Å².